The van der Waals surface area contributed by atoms with Gasteiger partial charge in [0.1, 0.15) is 0 Å². The van der Waals surface area contributed by atoms with Gasteiger partial charge in [0.25, 0.3) is 6.47 Å². The van der Waals surface area contributed by atoms with Crippen molar-refractivity contribution in [2.24, 2.45) is 17.8 Å². The van der Waals surface area contributed by atoms with Crippen LogP contribution < -0.4 is 4.90 Å². The number of carbonyl (C=O) groups is 3. The highest BCUT2D eigenvalue weighted by Gasteiger charge is 2.60. The average molecular weight is 515 g/mol. The summed E-state index contributed by atoms with van der Waals surface area (Å²) in [5.41, 5.74) is -2.72. The van der Waals surface area contributed by atoms with E-state index in [0.717, 1.165) is 17.4 Å². The third-order valence-electron chi connectivity index (χ3n) is 6.13. The Kier molecular flexibility index (Phi) is 12.3. The zero-order valence-corrected chi connectivity index (χ0v) is 21.1. The summed E-state index contributed by atoms with van der Waals surface area (Å²) in [5.74, 6) is -2.48. The predicted octanol–water partition coefficient (Wildman–Crippen LogP) is 5.75. The number of ether oxygens (including phenoxy) is 2. The minimum Gasteiger partial charge on any atom is -0.465 e. The molecule has 2 amide bonds. The predicted molar refractivity (Wildman–Crippen MR) is 130 cm³/mol. The van der Waals surface area contributed by atoms with Crippen molar-refractivity contribution < 1.29 is 37.0 Å². The van der Waals surface area contributed by atoms with Crippen molar-refractivity contribution in [1.82, 2.24) is 0 Å². The number of nitrogens with zero attached hydrogens (tertiary/aromatic N) is 2. The molecule has 0 spiro atoms. The summed E-state index contributed by atoms with van der Waals surface area (Å²) in [6, 6.07) is 4.35. The summed E-state index contributed by atoms with van der Waals surface area (Å²) in [6.07, 6.45) is -3.97. The van der Waals surface area contributed by atoms with Crippen LogP contribution in [0.25, 0.3) is 0 Å². The number of alkyl halides is 3. The fraction of sp³-hybridized carbons (Fsp3) is 0.615. The lowest BCUT2D eigenvalue weighted by Gasteiger charge is -2.50. The van der Waals surface area contributed by atoms with Gasteiger partial charge in [0.05, 0.1) is 53.0 Å². The molecule has 1 aromatic rings. The zero-order chi connectivity index (χ0) is 27.1. The molecular formula is C26H37F3N2O5. The molecule has 4 atom stereocenters. The van der Waals surface area contributed by atoms with Gasteiger partial charge in [-0.3, -0.25) is 14.4 Å². The van der Waals surface area contributed by atoms with Crippen LogP contribution in [-0.2, 0) is 30.0 Å². The number of imide groups is 1. The molecule has 2 heterocycles. The summed E-state index contributed by atoms with van der Waals surface area (Å²) in [7, 11) is 0. The van der Waals surface area contributed by atoms with Crippen LogP contribution >= 0.6 is 0 Å². The Morgan fingerprint density at radius 3 is 2.22 bits per heavy atom. The van der Waals surface area contributed by atoms with Gasteiger partial charge in [-0.15, -0.1) is 0 Å². The van der Waals surface area contributed by atoms with Crippen LogP contribution in [0.15, 0.2) is 18.2 Å². The fourth-order valence-corrected chi connectivity index (χ4v) is 4.25. The lowest BCUT2D eigenvalue weighted by Crippen LogP contribution is -2.59. The molecule has 4 unspecified atom stereocenters. The summed E-state index contributed by atoms with van der Waals surface area (Å²) in [5, 5.41) is 8.91. The van der Waals surface area contributed by atoms with Crippen LogP contribution in [-0.4, -0.2) is 36.6 Å². The van der Waals surface area contributed by atoms with Gasteiger partial charge in [-0.25, -0.2) is 4.90 Å². The number of benzene rings is 1. The van der Waals surface area contributed by atoms with Crippen molar-refractivity contribution >= 4 is 24.0 Å². The third kappa shape index (κ3) is 6.64. The molecule has 1 aromatic carbocycles. The maximum Gasteiger partial charge on any atom is 0.417 e. The summed E-state index contributed by atoms with van der Waals surface area (Å²) in [6.45, 7) is 13.9. The van der Waals surface area contributed by atoms with Gasteiger partial charge in [-0.2, -0.15) is 18.4 Å². The molecule has 36 heavy (non-hydrogen) atoms. The Morgan fingerprint density at radius 1 is 1.28 bits per heavy atom. The van der Waals surface area contributed by atoms with Gasteiger partial charge < -0.3 is 9.47 Å². The lowest BCUT2D eigenvalue weighted by atomic mass is 9.69. The van der Waals surface area contributed by atoms with Crippen molar-refractivity contribution in [2.45, 2.75) is 80.2 Å². The highest BCUT2D eigenvalue weighted by Crippen LogP contribution is 2.48. The van der Waals surface area contributed by atoms with Gasteiger partial charge in [0, 0.05) is 5.92 Å². The Balaban J connectivity index is 0.00000120. The van der Waals surface area contributed by atoms with E-state index in [9.17, 15) is 27.6 Å². The van der Waals surface area contributed by atoms with Gasteiger partial charge in [0.2, 0.25) is 11.8 Å². The van der Waals surface area contributed by atoms with Crippen molar-refractivity contribution in [3.05, 3.63) is 29.3 Å². The number of anilines is 1. The second-order valence-electron chi connectivity index (χ2n) is 8.50. The van der Waals surface area contributed by atoms with Gasteiger partial charge in [0.15, 0.2) is 0 Å². The molecule has 0 bridgehead atoms. The first-order chi connectivity index (χ1) is 16.3. The topological polar surface area (TPSA) is 96.7 Å². The molecule has 10 heteroatoms. The molecule has 2 aliphatic heterocycles. The van der Waals surface area contributed by atoms with E-state index in [1.54, 1.807) is 27.7 Å². The van der Waals surface area contributed by atoms with Crippen molar-refractivity contribution in [3.8, 4) is 6.07 Å². The number of amides is 2. The standard InChI is InChI=1S/C19H19F3N2O3.C4H8O2.C2H6.CH4/c1-4-12-9-27-18(12,3)15-10(2)16(25)24(17(15)26)13-6-5-11(8-23)14(7-13)19(20,21)22;1-4(2)6-3-5;1-2;/h5-7,10,12,15H,4,9H2,1-3H3;3-4H,1-2H3;1-2H3;1H4. The minimum atomic E-state index is -4.77. The molecule has 0 aliphatic carbocycles. The molecule has 2 saturated heterocycles. The Hall–Kier alpha value is -2.93. The number of nitriles is 1. The number of hydrogen-bond donors (Lipinski definition) is 0. The third-order valence-corrected chi connectivity index (χ3v) is 6.13. The first-order valence-electron chi connectivity index (χ1n) is 11.6. The molecule has 7 nitrogen and oxygen atoms in total. The van der Waals surface area contributed by atoms with Crippen LogP contribution in [0.2, 0.25) is 0 Å². The normalized spacial score (nSPS) is 24.8. The van der Waals surface area contributed by atoms with E-state index in [0.29, 0.717) is 19.1 Å². The fourth-order valence-electron chi connectivity index (χ4n) is 4.25. The Bertz CT molecular complexity index is 956. The quantitative estimate of drug-likeness (QED) is 0.367. The Morgan fingerprint density at radius 2 is 1.86 bits per heavy atom. The van der Waals surface area contributed by atoms with Crippen LogP contribution in [0.3, 0.4) is 0 Å². The first kappa shape index (κ1) is 33.1. The Labute approximate surface area is 211 Å². The van der Waals surface area contributed by atoms with E-state index >= 15 is 0 Å². The summed E-state index contributed by atoms with van der Waals surface area (Å²) in [4.78, 5) is 35.9. The van der Waals surface area contributed by atoms with Crippen molar-refractivity contribution in [3.63, 3.8) is 0 Å². The van der Waals surface area contributed by atoms with Crippen molar-refractivity contribution in [2.75, 3.05) is 11.5 Å². The van der Waals surface area contributed by atoms with E-state index in [1.165, 1.54) is 12.1 Å². The van der Waals surface area contributed by atoms with Gasteiger partial charge in [-0.1, -0.05) is 35.1 Å². The highest BCUT2D eigenvalue weighted by atomic mass is 19.4. The van der Waals surface area contributed by atoms with Gasteiger partial charge >= 0.3 is 6.18 Å². The first-order valence-corrected chi connectivity index (χ1v) is 11.6. The molecule has 0 radical (unpaired) electrons. The molecule has 202 valence electrons. The van der Waals surface area contributed by atoms with Gasteiger partial charge in [-0.05, 0) is 45.4 Å². The molecular weight excluding hydrogens is 477 g/mol. The smallest absolute Gasteiger partial charge is 0.417 e. The number of carbonyl (C=O) groups excluding carboxylic acids is 3. The molecule has 0 aromatic heterocycles. The van der Waals surface area contributed by atoms with Crippen LogP contribution in [0, 0.1) is 29.1 Å². The highest BCUT2D eigenvalue weighted by molar-refractivity contribution is 6.22. The molecule has 0 saturated carbocycles. The largest absolute Gasteiger partial charge is 0.465 e. The molecule has 2 fully saturated rings. The van der Waals surface area contributed by atoms with E-state index in [1.807, 2.05) is 20.8 Å². The molecule has 0 N–H and O–H groups in total. The maximum atomic E-state index is 13.2. The number of rotatable bonds is 5. The van der Waals surface area contributed by atoms with Crippen LogP contribution in [0.4, 0.5) is 18.9 Å². The SMILES string of the molecule is C.CC.CC(C)OC=O.CCC1COC1(C)C1C(=O)N(c2ccc(C#N)c(C(F)(F)F)c2)C(=O)C1C. The monoisotopic (exact) mass is 514 g/mol. The minimum absolute atomic E-state index is 0. The van der Waals surface area contributed by atoms with E-state index in [2.05, 4.69) is 4.74 Å². The van der Waals surface area contributed by atoms with E-state index in [4.69, 9.17) is 10.00 Å². The van der Waals surface area contributed by atoms with Crippen LogP contribution in [0.5, 0.6) is 0 Å². The van der Waals surface area contributed by atoms with Crippen LogP contribution in [0.1, 0.15) is 73.4 Å². The summed E-state index contributed by atoms with van der Waals surface area (Å²) < 4.78 is 49.8. The molecule has 2 aliphatic rings. The van der Waals surface area contributed by atoms with E-state index < -0.39 is 46.6 Å². The van der Waals surface area contributed by atoms with E-state index in [-0.39, 0.29) is 25.1 Å². The maximum absolute atomic E-state index is 13.2. The lowest BCUT2D eigenvalue weighted by molar-refractivity contribution is -0.225. The second kappa shape index (κ2) is 13.4. The number of halogens is 3. The molecule has 3 rings (SSSR count). The zero-order valence-electron chi connectivity index (χ0n) is 21.1. The number of hydrogen-bond acceptors (Lipinski definition) is 6. The second-order valence-corrected chi connectivity index (χ2v) is 8.50. The van der Waals surface area contributed by atoms with Crippen molar-refractivity contribution in [1.29, 1.82) is 5.26 Å². The average Bonchev–Trinajstić information content (AvgIpc) is 3.01. The summed E-state index contributed by atoms with van der Waals surface area (Å²) >= 11 is 0.